The number of aromatic nitrogens is 4. The lowest BCUT2D eigenvalue weighted by Crippen LogP contribution is -2.30. The van der Waals surface area contributed by atoms with E-state index >= 15 is 0 Å². The lowest BCUT2D eigenvalue weighted by atomic mass is 10.3. The fourth-order valence-corrected chi connectivity index (χ4v) is 3.02. The molecular weight excluding hydrogens is 300 g/mol. The summed E-state index contributed by atoms with van der Waals surface area (Å²) in [6.07, 6.45) is 0. The van der Waals surface area contributed by atoms with Crippen LogP contribution in [0.2, 0.25) is 0 Å². The molecule has 0 saturated heterocycles. The average molecular weight is 322 g/mol. The van der Waals surface area contributed by atoms with E-state index in [1.165, 1.54) is 11.5 Å². The Morgan fingerprint density at radius 3 is 2.59 bits per heavy atom. The first-order valence-corrected chi connectivity index (χ1v) is 8.00. The zero-order chi connectivity index (χ0) is 16.3. The monoisotopic (exact) mass is 322 g/mol. The third-order valence-corrected chi connectivity index (χ3v) is 4.33. The Labute approximate surface area is 134 Å². The number of likely N-dealkylation sites (N-methyl/N-ethyl adjacent to an activating group) is 1. The van der Waals surface area contributed by atoms with Crippen LogP contribution in [0.15, 0.2) is 0 Å². The maximum absolute atomic E-state index is 12.2. The van der Waals surface area contributed by atoms with Crippen LogP contribution >= 0.6 is 11.5 Å². The molecule has 2 aromatic rings. The zero-order valence-electron chi connectivity index (χ0n) is 13.7. The van der Waals surface area contributed by atoms with Crippen molar-refractivity contribution in [1.82, 2.24) is 24.3 Å². The van der Waals surface area contributed by atoms with Gasteiger partial charge in [0.2, 0.25) is 5.91 Å². The van der Waals surface area contributed by atoms with E-state index in [0.29, 0.717) is 13.1 Å². The summed E-state index contributed by atoms with van der Waals surface area (Å²) < 4.78 is 5.80. The molecule has 0 radical (unpaired) electrons. The molecule has 0 atom stereocenters. The van der Waals surface area contributed by atoms with E-state index < -0.39 is 0 Å². The highest BCUT2D eigenvalue weighted by Gasteiger charge is 2.15. The molecule has 0 aliphatic carbocycles. The van der Waals surface area contributed by atoms with Crippen molar-refractivity contribution in [3.8, 4) is 0 Å². The number of carbonyl (C=O) groups excluding carboxylic acids is 1. The van der Waals surface area contributed by atoms with Crippen molar-refractivity contribution < 1.29 is 4.79 Å². The van der Waals surface area contributed by atoms with Gasteiger partial charge in [-0.25, -0.2) is 0 Å². The number of nitrogens with one attached hydrogen (secondary N) is 1. The van der Waals surface area contributed by atoms with Crippen molar-refractivity contribution >= 4 is 23.1 Å². The lowest BCUT2D eigenvalue weighted by Gasteiger charge is -2.15. The van der Waals surface area contributed by atoms with Gasteiger partial charge >= 0.3 is 0 Å². The van der Waals surface area contributed by atoms with Gasteiger partial charge in [-0.2, -0.15) is 5.10 Å². The minimum atomic E-state index is -0.0421. The first kappa shape index (κ1) is 16.6. The summed E-state index contributed by atoms with van der Waals surface area (Å²) in [5.74, 6) is -0.0421. The number of anilines is 1. The van der Waals surface area contributed by atoms with E-state index in [9.17, 15) is 4.79 Å². The Morgan fingerprint density at radius 2 is 2.05 bits per heavy atom. The molecule has 1 N–H and O–H groups in total. The van der Waals surface area contributed by atoms with Gasteiger partial charge in [0.1, 0.15) is 0 Å². The standard InChI is InChI=1S/C14H22N6OS/c1-6-20-11(4)14(10(3)17-20)15-13(21)8-19(5)7-12-9(2)16-18-22-12/h6-8H2,1-5H3,(H,15,21). The van der Waals surface area contributed by atoms with Crippen LogP contribution in [0, 0.1) is 20.8 Å². The minimum absolute atomic E-state index is 0.0421. The Morgan fingerprint density at radius 1 is 1.32 bits per heavy atom. The predicted molar refractivity (Wildman–Crippen MR) is 87.0 cm³/mol. The van der Waals surface area contributed by atoms with Crippen LogP contribution in [-0.4, -0.2) is 43.8 Å². The molecule has 2 rings (SSSR count). The number of aryl methyl sites for hydroxylation is 3. The summed E-state index contributed by atoms with van der Waals surface area (Å²) in [6, 6.07) is 0. The number of nitrogens with zero attached hydrogens (tertiary/aromatic N) is 5. The highest BCUT2D eigenvalue weighted by atomic mass is 32.1. The van der Waals surface area contributed by atoms with Gasteiger partial charge in [-0.15, -0.1) is 5.10 Å². The van der Waals surface area contributed by atoms with Gasteiger partial charge in [-0.3, -0.25) is 14.4 Å². The second kappa shape index (κ2) is 6.97. The predicted octanol–water partition coefficient (Wildman–Crippen LogP) is 1.75. The second-order valence-electron chi connectivity index (χ2n) is 5.36. The van der Waals surface area contributed by atoms with Crippen LogP contribution in [0.5, 0.6) is 0 Å². The van der Waals surface area contributed by atoms with Gasteiger partial charge in [0.05, 0.1) is 34.2 Å². The van der Waals surface area contributed by atoms with Crippen LogP contribution in [0.25, 0.3) is 0 Å². The van der Waals surface area contributed by atoms with Crippen LogP contribution < -0.4 is 5.32 Å². The van der Waals surface area contributed by atoms with Gasteiger partial charge in [-0.05, 0) is 46.3 Å². The zero-order valence-corrected chi connectivity index (χ0v) is 14.5. The molecule has 0 fully saturated rings. The summed E-state index contributed by atoms with van der Waals surface area (Å²) in [6.45, 7) is 9.61. The van der Waals surface area contributed by atoms with Crippen LogP contribution in [0.4, 0.5) is 5.69 Å². The molecule has 22 heavy (non-hydrogen) atoms. The highest BCUT2D eigenvalue weighted by Crippen LogP contribution is 2.19. The molecular formula is C14H22N6OS. The molecule has 0 aromatic carbocycles. The normalized spacial score (nSPS) is 11.2. The number of carbonyl (C=O) groups is 1. The Kier molecular flexibility index (Phi) is 5.25. The summed E-state index contributed by atoms with van der Waals surface area (Å²) in [7, 11) is 1.91. The molecule has 8 heteroatoms. The summed E-state index contributed by atoms with van der Waals surface area (Å²) in [4.78, 5) is 15.3. The summed E-state index contributed by atoms with van der Waals surface area (Å²) >= 11 is 1.37. The third kappa shape index (κ3) is 3.69. The number of rotatable bonds is 6. The number of amides is 1. The van der Waals surface area contributed by atoms with E-state index in [2.05, 4.69) is 20.0 Å². The molecule has 0 aliphatic rings. The van der Waals surface area contributed by atoms with Crippen molar-refractivity contribution in [2.75, 3.05) is 18.9 Å². The van der Waals surface area contributed by atoms with E-state index in [-0.39, 0.29) is 5.91 Å². The molecule has 2 aromatic heterocycles. The van der Waals surface area contributed by atoms with Crippen LogP contribution in [0.3, 0.4) is 0 Å². The molecule has 2 heterocycles. The first-order valence-electron chi connectivity index (χ1n) is 7.22. The molecule has 0 spiro atoms. The fourth-order valence-electron chi connectivity index (χ4n) is 2.31. The molecule has 0 unspecified atom stereocenters. The van der Waals surface area contributed by atoms with Crippen molar-refractivity contribution in [2.45, 2.75) is 40.8 Å². The number of hydrogen-bond donors (Lipinski definition) is 1. The summed E-state index contributed by atoms with van der Waals surface area (Å²) in [5, 5.41) is 11.4. The molecule has 0 aliphatic heterocycles. The van der Waals surface area contributed by atoms with Gasteiger partial charge in [0.15, 0.2) is 0 Å². The van der Waals surface area contributed by atoms with Gasteiger partial charge in [-0.1, -0.05) is 4.49 Å². The van der Waals surface area contributed by atoms with Crippen molar-refractivity contribution in [3.05, 3.63) is 22.0 Å². The minimum Gasteiger partial charge on any atom is -0.322 e. The van der Waals surface area contributed by atoms with E-state index in [4.69, 9.17) is 0 Å². The van der Waals surface area contributed by atoms with Crippen molar-refractivity contribution in [2.24, 2.45) is 0 Å². The van der Waals surface area contributed by atoms with E-state index in [1.807, 2.05) is 44.3 Å². The molecule has 120 valence electrons. The van der Waals surface area contributed by atoms with Gasteiger partial charge in [0, 0.05) is 13.1 Å². The first-order chi connectivity index (χ1) is 10.4. The maximum atomic E-state index is 12.2. The smallest absolute Gasteiger partial charge is 0.238 e. The number of hydrogen-bond acceptors (Lipinski definition) is 6. The summed E-state index contributed by atoms with van der Waals surface area (Å²) in [5.41, 5.74) is 3.57. The second-order valence-corrected chi connectivity index (χ2v) is 6.20. The Balaban J connectivity index is 1.95. The topological polar surface area (TPSA) is 75.9 Å². The van der Waals surface area contributed by atoms with Crippen LogP contribution in [-0.2, 0) is 17.9 Å². The fraction of sp³-hybridized carbons (Fsp3) is 0.571. The Bertz CT molecular complexity index is 662. The quantitative estimate of drug-likeness (QED) is 0.877. The maximum Gasteiger partial charge on any atom is 0.238 e. The molecule has 7 nitrogen and oxygen atoms in total. The van der Waals surface area contributed by atoms with E-state index in [1.54, 1.807) is 0 Å². The van der Waals surface area contributed by atoms with E-state index in [0.717, 1.165) is 34.2 Å². The van der Waals surface area contributed by atoms with Crippen molar-refractivity contribution in [3.63, 3.8) is 0 Å². The largest absolute Gasteiger partial charge is 0.322 e. The third-order valence-electron chi connectivity index (χ3n) is 3.52. The van der Waals surface area contributed by atoms with Crippen LogP contribution in [0.1, 0.15) is 28.9 Å². The molecule has 0 saturated carbocycles. The average Bonchev–Trinajstić information content (AvgIpc) is 2.96. The van der Waals surface area contributed by atoms with Gasteiger partial charge < -0.3 is 5.32 Å². The van der Waals surface area contributed by atoms with Crippen molar-refractivity contribution in [1.29, 1.82) is 0 Å². The SMILES string of the molecule is CCn1nc(C)c(NC(=O)CN(C)Cc2snnc2C)c1C. The molecule has 0 bridgehead atoms. The Hall–Kier alpha value is -1.80. The highest BCUT2D eigenvalue weighted by molar-refractivity contribution is 7.05. The molecule has 1 amide bonds. The van der Waals surface area contributed by atoms with Gasteiger partial charge in [0.25, 0.3) is 0 Å². The lowest BCUT2D eigenvalue weighted by molar-refractivity contribution is -0.117.